The van der Waals surface area contributed by atoms with Gasteiger partial charge in [0.2, 0.25) is 5.91 Å². The smallest absolute Gasteiger partial charge is 0.234 e. The summed E-state index contributed by atoms with van der Waals surface area (Å²) in [6.45, 7) is 0. The Hall–Kier alpha value is -0.870. The molecule has 2 saturated heterocycles. The quantitative estimate of drug-likeness (QED) is 0.849. The maximum absolute atomic E-state index is 13.6. The molecular formula is C18H25NO2S. The lowest BCUT2D eigenvalue weighted by Crippen LogP contribution is -2.54. The van der Waals surface area contributed by atoms with Gasteiger partial charge in [0.15, 0.2) is 0 Å². The van der Waals surface area contributed by atoms with Crippen molar-refractivity contribution in [2.45, 2.75) is 75.0 Å². The van der Waals surface area contributed by atoms with Gasteiger partial charge in [-0.2, -0.15) is 0 Å². The van der Waals surface area contributed by atoms with Gasteiger partial charge < -0.3 is 9.64 Å². The third kappa shape index (κ3) is 2.15. The molecule has 22 heavy (non-hydrogen) atoms. The molecular weight excluding hydrogens is 294 g/mol. The Morgan fingerprint density at radius 3 is 2.50 bits per heavy atom. The van der Waals surface area contributed by atoms with E-state index in [9.17, 15) is 4.79 Å². The first-order valence-electron chi connectivity index (χ1n) is 8.64. The Kier molecular flexibility index (Phi) is 3.77. The number of fused-ring (bicyclic) bond motifs is 2. The van der Waals surface area contributed by atoms with Crippen molar-refractivity contribution in [3.8, 4) is 0 Å². The second-order valence-electron chi connectivity index (χ2n) is 7.19. The van der Waals surface area contributed by atoms with E-state index in [1.54, 1.807) is 11.3 Å². The van der Waals surface area contributed by atoms with Crippen molar-refractivity contribution < 1.29 is 9.53 Å². The van der Waals surface area contributed by atoms with Crippen LogP contribution >= 0.6 is 11.3 Å². The zero-order chi connectivity index (χ0) is 15.2. The van der Waals surface area contributed by atoms with Gasteiger partial charge in [-0.15, -0.1) is 11.3 Å². The van der Waals surface area contributed by atoms with Crippen LogP contribution < -0.4 is 0 Å². The number of nitrogens with zero attached hydrogens (tertiary/aromatic N) is 1. The molecule has 1 saturated carbocycles. The summed E-state index contributed by atoms with van der Waals surface area (Å²) < 4.78 is 5.59. The van der Waals surface area contributed by atoms with Gasteiger partial charge in [0, 0.05) is 24.1 Å². The molecule has 3 fully saturated rings. The van der Waals surface area contributed by atoms with E-state index < -0.39 is 0 Å². The minimum absolute atomic E-state index is 0.213. The first kappa shape index (κ1) is 14.7. The first-order chi connectivity index (χ1) is 10.7. The van der Waals surface area contributed by atoms with Gasteiger partial charge in [0.25, 0.3) is 0 Å². The van der Waals surface area contributed by atoms with E-state index in [2.05, 4.69) is 22.4 Å². The van der Waals surface area contributed by atoms with Crippen molar-refractivity contribution >= 4 is 17.2 Å². The average molecular weight is 319 g/mol. The molecule has 4 rings (SSSR count). The number of carbonyl (C=O) groups excluding carboxylic acids is 1. The van der Waals surface area contributed by atoms with Crippen LogP contribution in [-0.4, -0.2) is 36.1 Å². The van der Waals surface area contributed by atoms with Gasteiger partial charge in [0.05, 0.1) is 11.5 Å². The molecule has 2 bridgehead atoms. The molecule has 2 aliphatic heterocycles. The number of methoxy groups -OCH3 is 1. The molecule has 1 aromatic heterocycles. The third-order valence-corrected chi connectivity index (χ3v) is 7.19. The average Bonchev–Trinajstić information content (AvgIpc) is 3.26. The zero-order valence-corrected chi connectivity index (χ0v) is 14.1. The summed E-state index contributed by atoms with van der Waals surface area (Å²) in [4.78, 5) is 17.1. The maximum Gasteiger partial charge on any atom is 0.234 e. The number of amides is 1. The number of piperidine rings is 1. The van der Waals surface area contributed by atoms with Crippen LogP contribution in [0.3, 0.4) is 0 Å². The predicted molar refractivity (Wildman–Crippen MR) is 88.2 cm³/mol. The Morgan fingerprint density at radius 2 is 1.95 bits per heavy atom. The number of hydrogen-bond acceptors (Lipinski definition) is 3. The molecule has 0 radical (unpaired) electrons. The normalized spacial score (nSPS) is 33.3. The van der Waals surface area contributed by atoms with Crippen LogP contribution in [-0.2, 0) is 14.9 Å². The predicted octanol–water partition coefficient (Wildman–Crippen LogP) is 3.73. The maximum atomic E-state index is 13.6. The molecule has 2 unspecified atom stereocenters. The molecule has 0 aromatic carbocycles. The monoisotopic (exact) mass is 319 g/mol. The minimum atomic E-state index is -0.213. The Labute approximate surface area is 136 Å². The van der Waals surface area contributed by atoms with Gasteiger partial charge in [-0.3, -0.25) is 4.79 Å². The van der Waals surface area contributed by atoms with E-state index in [0.29, 0.717) is 24.1 Å². The van der Waals surface area contributed by atoms with Crippen molar-refractivity contribution in [3.63, 3.8) is 0 Å². The highest BCUT2D eigenvalue weighted by atomic mass is 32.1. The van der Waals surface area contributed by atoms with Crippen molar-refractivity contribution in [2.24, 2.45) is 0 Å². The summed E-state index contributed by atoms with van der Waals surface area (Å²) in [7, 11) is 1.81. The summed E-state index contributed by atoms with van der Waals surface area (Å²) in [5.74, 6) is 0.425. The topological polar surface area (TPSA) is 29.5 Å². The number of thiophene rings is 1. The molecule has 2 atom stereocenters. The van der Waals surface area contributed by atoms with Crippen LogP contribution in [0.2, 0.25) is 0 Å². The highest BCUT2D eigenvalue weighted by molar-refractivity contribution is 7.10. The van der Waals surface area contributed by atoms with Crippen LogP contribution in [0.5, 0.6) is 0 Å². The number of ether oxygens (including phenoxy) is 1. The highest BCUT2D eigenvalue weighted by Gasteiger charge is 2.52. The fourth-order valence-electron chi connectivity index (χ4n) is 4.99. The molecule has 3 nitrogen and oxygen atoms in total. The van der Waals surface area contributed by atoms with Crippen LogP contribution in [0.25, 0.3) is 0 Å². The van der Waals surface area contributed by atoms with Crippen LogP contribution in [0.1, 0.15) is 56.2 Å². The number of hydrogen-bond donors (Lipinski definition) is 0. The van der Waals surface area contributed by atoms with Gasteiger partial charge in [-0.05, 0) is 50.0 Å². The zero-order valence-electron chi connectivity index (χ0n) is 13.3. The molecule has 0 spiro atoms. The number of rotatable bonds is 3. The molecule has 1 aromatic rings. The van der Waals surface area contributed by atoms with Crippen molar-refractivity contribution in [1.29, 1.82) is 0 Å². The SMILES string of the molecule is COC1CC2CCC(C1)N2C(=O)C1(c2cccs2)CCCC1. The first-order valence-corrected chi connectivity index (χ1v) is 9.52. The van der Waals surface area contributed by atoms with Crippen LogP contribution in [0, 0.1) is 0 Å². The molecule has 3 aliphatic rings. The second-order valence-corrected chi connectivity index (χ2v) is 8.14. The van der Waals surface area contributed by atoms with Crippen molar-refractivity contribution in [3.05, 3.63) is 22.4 Å². The second kappa shape index (κ2) is 5.64. The van der Waals surface area contributed by atoms with E-state index >= 15 is 0 Å². The molecule has 1 aliphatic carbocycles. The lowest BCUT2D eigenvalue weighted by molar-refractivity contribution is -0.144. The van der Waals surface area contributed by atoms with Crippen molar-refractivity contribution in [1.82, 2.24) is 4.90 Å². The number of carbonyl (C=O) groups is 1. The van der Waals surface area contributed by atoms with E-state index in [4.69, 9.17) is 4.74 Å². The lowest BCUT2D eigenvalue weighted by atomic mass is 9.81. The van der Waals surface area contributed by atoms with Crippen molar-refractivity contribution in [2.75, 3.05) is 7.11 Å². The summed E-state index contributed by atoms with van der Waals surface area (Å²) in [5.41, 5.74) is -0.213. The van der Waals surface area contributed by atoms with Gasteiger partial charge >= 0.3 is 0 Å². The summed E-state index contributed by atoms with van der Waals surface area (Å²) >= 11 is 1.77. The summed E-state index contributed by atoms with van der Waals surface area (Å²) in [5, 5.41) is 2.12. The van der Waals surface area contributed by atoms with Crippen LogP contribution in [0.15, 0.2) is 17.5 Å². The summed E-state index contributed by atoms with van der Waals surface area (Å²) in [6.07, 6.45) is 9.18. The standard InChI is InChI=1S/C18H25NO2S/c1-21-15-11-13-6-7-14(12-15)19(13)17(20)18(8-2-3-9-18)16-5-4-10-22-16/h4-5,10,13-15H,2-3,6-9,11-12H2,1H3. The van der Waals surface area contributed by atoms with E-state index in [1.165, 1.54) is 17.7 Å². The molecule has 4 heteroatoms. The molecule has 1 amide bonds. The fourth-order valence-corrected chi connectivity index (χ4v) is 5.97. The Morgan fingerprint density at radius 1 is 1.27 bits per heavy atom. The van der Waals surface area contributed by atoms with E-state index in [-0.39, 0.29) is 5.41 Å². The van der Waals surface area contributed by atoms with E-state index in [0.717, 1.165) is 38.5 Å². The van der Waals surface area contributed by atoms with Crippen LogP contribution in [0.4, 0.5) is 0 Å². The highest BCUT2D eigenvalue weighted by Crippen LogP contribution is 2.48. The Bertz CT molecular complexity index is 521. The third-order valence-electron chi connectivity index (χ3n) is 6.12. The molecule has 0 N–H and O–H groups in total. The van der Waals surface area contributed by atoms with Gasteiger partial charge in [0.1, 0.15) is 0 Å². The molecule has 120 valence electrons. The Balaban J connectivity index is 1.63. The summed E-state index contributed by atoms with van der Waals surface area (Å²) in [6, 6.07) is 5.10. The molecule has 3 heterocycles. The van der Waals surface area contributed by atoms with E-state index in [1.807, 2.05) is 7.11 Å². The van der Waals surface area contributed by atoms with Gasteiger partial charge in [-0.1, -0.05) is 18.9 Å². The largest absolute Gasteiger partial charge is 0.381 e. The fraction of sp³-hybridized carbons (Fsp3) is 0.722. The van der Waals surface area contributed by atoms with Gasteiger partial charge in [-0.25, -0.2) is 0 Å². The minimum Gasteiger partial charge on any atom is -0.381 e. The lowest BCUT2D eigenvalue weighted by Gasteiger charge is -2.43.